The summed E-state index contributed by atoms with van der Waals surface area (Å²) in [6.07, 6.45) is 0. The van der Waals surface area contributed by atoms with Crippen molar-refractivity contribution in [3.05, 3.63) is 0 Å². The summed E-state index contributed by atoms with van der Waals surface area (Å²) >= 11 is 0. The van der Waals surface area contributed by atoms with Crippen LogP contribution in [0.2, 0.25) is 0 Å². The second-order valence-corrected chi connectivity index (χ2v) is 4.55. The van der Waals surface area contributed by atoms with Gasteiger partial charge in [-0.2, -0.15) is 0 Å². The van der Waals surface area contributed by atoms with Gasteiger partial charge in [-0.15, -0.1) is 0 Å². The molecule has 0 spiro atoms. The smallest absolute Gasteiger partial charge is 0.0125 e. The number of rotatable bonds is 4. The van der Waals surface area contributed by atoms with Crippen molar-refractivity contribution >= 4 is 0 Å². The van der Waals surface area contributed by atoms with E-state index in [-0.39, 0.29) is 0 Å². The molecule has 0 aromatic carbocycles. The van der Waals surface area contributed by atoms with E-state index in [9.17, 15) is 0 Å². The first-order valence-electron chi connectivity index (χ1n) is 4.77. The monoisotopic (exact) mass is 172 g/mol. The van der Waals surface area contributed by atoms with Gasteiger partial charge in [0.25, 0.3) is 0 Å². The van der Waals surface area contributed by atoms with Gasteiger partial charge in [0.1, 0.15) is 0 Å². The van der Waals surface area contributed by atoms with E-state index in [1.54, 1.807) is 0 Å². The molecule has 0 radical (unpaired) electrons. The standard InChI is InChI=1S/C10H24N2/c1-7-12(10(2,3)4)9-8-11(5)6/h7-9H2,1-6H3. The minimum atomic E-state index is 0.310. The van der Waals surface area contributed by atoms with Gasteiger partial charge >= 0.3 is 0 Å². The molecule has 0 aromatic rings. The van der Waals surface area contributed by atoms with Crippen molar-refractivity contribution in [1.82, 2.24) is 9.80 Å². The zero-order chi connectivity index (χ0) is 9.78. The molecule has 0 unspecified atom stereocenters. The maximum atomic E-state index is 2.49. The van der Waals surface area contributed by atoms with Gasteiger partial charge in [0.2, 0.25) is 0 Å². The Labute approximate surface area is 77.5 Å². The molecule has 0 aromatic heterocycles. The van der Waals surface area contributed by atoms with E-state index < -0.39 is 0 Å². The average Bonchev–Trinajstić information content (AvgIpc) is 1.85. The lowest BCUT2D eigenvalue weighted by molar-refractivity contribution is 0.132. The summed E-state index contributed by atoms with van der Waals surface area (Å²) in [5.41, 5.74) is 0.310. The number of hydrogen-bond acceptors (Lipinski definition) is 2. The fourth-order valence-corrected chi connectivity index (χ4v) is 1.29. The van der Waals surface area contributed by atoms with E-state index in [2.05, 4.69) is 51.6 Å². The molecule has 0 bridgehead atoms. The molecule has 0 saturated carbocycles. The Bertz CT molecular complexity index is 113. The summed E-state index contributed by atoms with van der Waals surface area (Å²) in [6, 6.07) is 0. The first-order chi connectivity index (χ1) is 5.38. The van der Waals surface area contributed by atoms with Crippen LogP contribution in [0.1, 0.15) is 27.7 Å². The second-order valence-electron chi connectivity index (χ2n) is 4.55. The molecule has 0 fully saturated rings. The predicted octanol–water partition coefficient (Wildman–Crippen LogP) is 1.67. The number of nitrogens with zero attached hydrogens (tertiary/aromatic N) is 2. The summed E-state index contributed by atoms with van der Waals surface area (Å²) in [5.74, 6) is 0. The fraction of sp³-hybridized carbons (Fsp3) is 1.00. The van der Waals surface area contributed by atoms with E-state index >= 15 is 0 Å². The molecule has 12 heavy (non-hydrogen) atoms. The van der Waals surface area contributed by atoms with Crippen molar-refractivity contribution in [3.8, 4) is 0 Å². The summed E-state index contributed by atoms with van der Waals surface area (Å²) in [4.78, 5) is 4.72. The lowest BCUT2D eigenvalue weighted by Crippen LogP contribution is -2.44. The highest BCUT2D eigenvalue weighted by atomic mass is 15.2. The highest BCUT2D eigenvalue weighted by Crippen LogP contribution is 2.11. The molecule has 0 amide bonds. The van der Waals surface area contributed by atoms with Gasteiger partial charge in [-0.3, -0.25) is 4.90 Å². The van der Waals surface area contributed by atoms with Crippen LogP contribution in [-0.4, -0.2) is 49.1 Å². The average molecular weight is 172 g/mol. The largest absolute Gasteiger partial charge is 0.308 e. The normalized spacial score (nSPS) is 13.0. The van der Waals surface area contributed by atoms with Crippen LogP contribution in [0.4, 0.5) is 0 Å². The summed E-state index contributed by atoms with van der Waals surface area (Å²) < 4.78 is 0. The molecule has 0 aliphatic rings. The SMILES string of the molecule is CCN(CCN(C)C)C(C)(C)C. The molecular formula is C10H24N2. The predicted molar refractivity (Wildman–Crippen MR) is 55.6 cm³/mol. The third-order valence-corrected chi connectivity index (χ3v) is 2.15. The number of likely N-dealkylation sites (N-methyl/N-ethyl adjacent to an activating group) is 2. The zero-order valence-corrected chi connectivity index (χ0v) is 9.52. The highest BCUT2D eigenvalue weighted by molar-refractivity contribution is 4.75. The topological polar surface area (TPSA) is 6.48 Å². The molecule has 2 nitrogen and oxygen atoms in total. The summed E-state index contributed by atoms with van der Waals surface area (Å²) in [7, 11) is 4.24. The van der Waals surface area contributed by atoms with Crippen LogP contribution in [0.25, 0.3) is 0 Å². The maximum absolute atomic E-state index is 2.49. The van der Waals surface area contributed by atoms with Crippen LogP contribution in [0, 0.1) is 0 Å². The van der Waals surface area contributed by atoms with Crippen LogP contribution in [0.3, 0.4) is 0 Å². The van der Waals surface area contributed by atoms with E-state index in [4.69, 9.17) is 0 Å². The van der Waals surface area contributed by atoms with E-state index in [1.165, 1.54) is 0 Å². The van der Waals surface area contributed by atoms with Crippen molar-refractivity contribution in [3.63, 3.8) is 0 Å². The maximum Gasteiger partial charge on any atom is 0.0125 e. The molecule has 0 N–H and O–H groups in total. The molecule has 0 atom stereocenters. The van der Waals surface area contributed by atoms with Crippen molar-refractivity contribution in [2.24, 2.45) is 0 Å². The van der Waals surface area contributed by atoms with Crippen LogP contribution >= 0.6 is 0 Å². The molecule has 0 aliphatic carbocycles. The van der Waals surface area contributed by atoms with E-state index in [0.29, 0.717) is 5.54 Å². The van der Waals surface area contributed by atoms with Gasteiger partial charge in [0.15, 0.2) is 0 Å². The Morgan fingerprint density at radius 3 is 1.75 bits per heavy atom. The summed E-state index contributed by atoms with van der Waals surface area (Å²) in [6.45, 7) is 12.5. The molecule has 2 heteroatoms. The quantitative estimate of drug-likeness (QED) is 0.636. The third-order valence-electron chi connectivity index (χ3n) is 2.15. The van der Waals surface area contributed by atoms with Crippen LogP contribution in [-0.2, 0) is 0 Å². The first kappa shape index (κ1) is 11.9. The van der Waals surface area contributed by atoms with Crippen molar-refractivity contribution in [2.45, 2.75) is 33.2 Å². The molecule has 0 rings (SSSR count). The Morgan fingerprint density at radius 2 is 1.50 bits per heavy atom. The van der Waals surface area contributed by atoms with Gasteiger partial charge < -0.3 is 4.90 Å². The van der Waals surface area contributed by atoms with Gasteiger partial charge in [0, 0.05) is 18.6 Å². The van der Waals surface area contributed by atoms with E-state index in [0.717, 1.165) is 19.6 Å². The molecule has 0 saturated heterocycles. The Balaban J connectivity index is 3.84. The summed E-state index contributed by atoms with van der Waals surface area (Å²) in [5, 5.41) is 0. The van der Waals surface area contributed by atoms with Gasteiger partial charge in [-0.05, 0) is 41.4 Å². The Kier molecular flexibility index (Phi) is 4.80. The van der Waals surface area contributed by atoms with Gasteiger partial charge in [-0.1, -0.05) is 6.92 Å². The van der Waals surface area contributed by atoms with Crippen molar-refractivity contribution < 1.29 is 0 Å². The lowest BCUT2D eigenvalue weighted by Gasteiger charge is -2.35. The molecule has 0 heterocycles. The van der Waals surface area contributed by atoms with E-state index in [1.807, 2.05) is 0 Å². The van der Waals surface area contributed by atoms with Crippen molar-refractivity contribution in [2.75, 3.05) is 33.7 Å². The zero-order valence-electron chi connectivity index (χ0n) is 9.52. The Morgan fingerprint density at radius 1 is 1.00 bits per heavy atom. The minimum Gasteiger partial charge on any atom is -0.308 e. The number of hydrogen-bond donors (Lipinski definition) is 0. The minimum absolute atomic E-state index is 0.310. The Hall–Kier alpha value is -0.0800. The van der Waals surface area contributed by atoms with Gasteiger partial charge in [-0.25, -0.2) is 0 Å². The first-order valence-corrected chi connectivity index (χ1v) is 4.77. The van der Waals surface area contributed by atoms with Crippen molar-refractivity contribution in [1.29, 1.82) is 0 Å². The molecular weight excluding hydrogens is 148 g/mol. The van der Waals surface area contributed by atoms with Crippen LogP contribution in [0.15, 0.2) is 0 Å². The van der Waals surface area contributed by atoms with Gasteiger partial charge in [0.05, 0.1) is 0 Å². The molecule has 74 valence electrons. The van der Waals surface area contributed by atoms with Crippen LogP contribution in [0.5, 0.6) is 0 Å². The molecule has 0 aliphatic heterocycles. The second kappa shape index (κ2) is 4.83. The third kappa shape index (κ3) is 4.73. The highest BCUT2D eigenvalue weighted by Gasteiger charge is 2.18. The van der Waals surface area contributed by atoms with Crippen LogP contribution < -0.4 is 0 Å². The fourth-order valence-electron chi connectivity index (χ4n) is 1.29. The lowest BCUT2D eigenvalue weighted by atomic mass is 10.1.